The Hall–Kier alpha value is -2.02. The average Bonchev–Trinajstić information content (AvgIpc) is 2.70. The molecule has 2 rings (SSSR count). The van der Waals surface area contributed by atoms with E-state index in [4.69, 9.17) is 10.5 Å². The van der Waals surface area contributed by atoms with Crippen molar-refractivity contribution < 1.29 is 23.7 Å². The van der Waals surface area contributed by atoms with E-state index in [1.807, 2.05) is 11.8 Å². The molecule has 1 fully saturated rings. The number of aliphatic hydroxyl groups is 2. The van der Waals surface area contributed by atoms with Crippen molar-refractivity contribution in [1.29, 1.82) is 0 Å². The van der Waals surface area contributed by atoms with Crippen LogP contribution in [-0.2, 0) is 4.74 Å². The molecule has 1 aromatic rings. The third kappa shape index (κ3) is 2.93. The van der Waals surface area contributed by atoms with Crippen molar-refractivity contribution in [1.82, 2.24) is 9.55 Å². The van der Waals surface area contributed by atoms with Crippen LogP contribution in [0.5, 0.6) is 0 Å². The number of aliphatic hydroxyl groups excluding tert-OH is 2. The summed E-state index contributed by atoms with van der Waals surface area (Å²) in [4.78, 5) is 15.5. The first kappa shape index (κ1) is 17.3. The maximum Gasteiger partial charge on any atom is 0.351 e. The zero-order valence-corrected chi connectivity index (χ0v) is 12.5. The normalized spacial score (nSPS) is 31.5. The first-order chi connectivity index (χ1) is 10.7. The Morgan fingerprint density at radius 2 is 2.30 bits per heavy atom. The second-order valence-corrected chi connectivity index (χ2v) is 5.32. The summed E-state index contributed by atoms with van der Waals surface area (Å²) >= 11 is 0. The third-order valence-electron chi connectivity index (χ3n) is 3.61. The van der Waals surface area contributed by atoms with Gasteiger partial charge >= 0.3 is 5.69 Å². The molecular formula is C14H17F2N3O4. The molecule has 1 aliphatic heterocycles. The van der Waals surface area contributed by atoms with Gasteiger partial charge in [-0.2, -0.15) is 4.98 Å². The van der Waals surface area contributed by atoms with Gasteiger partial charge in [0.15, 0.2) is 6.23 Å². The van der Waals surface area contributed by atoms with Crippen LogP contribution in [0.4, 0.5) is 14.6 Å². The summed E-state index contributed by atoms with van der Waals surface area (Å²) in [6.45, 7) is 1.61. The van der Waals surface area contributed by atoms with E-state index in [1.165, 1.54) is 19.9 Å². The Kier molecular flexibility index (Phi) is 4.70. The Morgan fingerprint density at radius 3 is 2.83 bits per heavy atom. The summed E-state index contributed by atoms with van der Waals surface area (Å²) in [5.41, 5.74) is 1.97. The molecule has 1 aliphatic rings. The lowest BCUT2D eigenvalue weighted by Crippen LogP contribution is -2.46. The van der Waals surface area contributed by atoms with E-state index in [2.05, 4.69) is 4.98 Å². The number of hydrogen-bond donors (Lipinski definition) is 3. The highest BCUT2D eigenvalue weighted by Crippen LogP contribution is 2.42. The van der Waals surface area contributed by atoms with Crippen LogP contribution >= 0.6 is 0 Å². The molecule has 126 valence electrons. The van der Waals surface area contributed by atoms with Gasteiger partial charge in [0, 0.05) is 5.69 Å². The fourth-order valence-electron chi connectivity index (χ4n) is 2.55. The highest BCUT2D eigenvalue weighted by Gasteiger charge is 2.59. The van der Waals surface area contributed by atoms with Crippen LogP contribution in [0, 0.1) is 18.8 Å². The molecule has 7 nitrogen and oxygen atoms in total. The number of nitrogens with two attached hydrogens (primary N) is 1. The van der Waals surface area contributed by atoms with Crippen LogP contribution in [0.3, 0.4) is 0 Å². The van der Waals surface area contributed by atoms with E-state index in [0.29, 0.717) is 0 Å². The van der Waals surface area contributed by atoms with E-state index in [1.54, 1.807) is 0 Å². The van der Waals surface area contributed by atoms with Crippen molar-refractivity contribution in [3.63, 3.8) is 0 Å². The van der Waals surface area contributed by atoms with Gasteiger partial charge in [-0.3, -0.25) is 4.57 Å². The van der Waals surface area contributed by atoms with Crippen LogP contribution in [0.2, 0.25) is 0 Å². The Balaban J connectivity index is 2.61. The van der Waals surface area contributed by atoms with Crippen molar-refractivity contribution in [2.45, 2.75) is 44.1 Å². The minimum Gasteiger partial charge on any atom is -0.391 e. The van der Waals surface area contributed by atoms with E-state index in [0.717, 1.165) is 4.57 Å². The molecule has 9 heteroatoms. The number of alkyl halides is 2. The molecule has 0 radical (unpaired) electrons. The van der Waals surface area contributed by atoms with Crippen LogP contribution in [0.15, 0.2) is 10.9 Å². The summed E-state index contributed by atoms with van der Waals surface area (Å²) in [6.07, 6.45) is -6.16. The number of nitrogens with zero attached hydrogens (tertiary/aromatic N) is 2. The van der Waals surface area contributed by atoms with Gasteiger partial charge in [0.1, 0.15) is 24.7 Å². The zero-order valence-electron chi connectivity index (χ0n) is 12.5. The van der Waals surface area contributed by atoms with Gasteiger partial charge in [-0.25, -0.2) is 13.6 Å². The molecule has 0 saturated carbocycles. The minimum absolute atomic E-state index is 0.0614. The third-order valence-corrected chi connectivity index (χ3v) is 3.61. The minimum atomic E-state index is -2.79. The lowest BCUT2D eigenvalue weighted by molar-refractivity contribution is -0.0808. The predicted octanol–water partition coefficient (Wildman–Crippen LogP) is -0.546. The molecule has 2 heterocycles. The summed E-state index contributed by atoms with van der Waals surface area (Å²) in [5.74, 6) is 3.80. The number of ether oxygens (including phenoxy) is 1. The maximum atomic E-state index is 15.3. The molecule has 0 aromatic carbocycles. The number of aromatic nitrogens is 2. The van der Waals surface area contributed by atoms with E-state index in [9.17, 15) is 19.4 Å². The maximum absolute atomic E-state index is 15.3. The number of anilines is 1. The van der Waals surface area contributed by atoms with E-state index < -0.39 is 42.6 Å². The predicted molar refractivity (Wildman–Crippen MR) is 76.8 cm³/mol. The molecule has 0 aliphatic carbocycles. The van der Waals surface area contributed by atoms with E-state index in [-0.39, 0.29) is 11.5 Å². The molecule has 1 saturated heterocycles. The number of rotatable bonds is 2. The van der Waals surface area contributed by atoms with Gasteiger partial charge in [0.25, 0.3) is 0 Å². The first-order valence-corrected chi connectivity index (χ1v) is 6.84. The van der Waals surface area contributed by atoms with Gasteiger partial charge in [-0.1, -0.05) is 11.8 Å². The van der Waals surface area contributed by atoms with Crippen molar-refractivity contribution in [3.8, 4) is 11.8 Å². The quantitative estimate of drug-likeness (QED) is 0.628. The lowest BCUT2D eigenvalue weighted by atomic mass is 9.94. The molecule has 4 N–H and O–H groups in total. The Labute approximate surface area is 130 Å². The van der Waals surface area contributed by atoms with Crippen molar-refractivity contribution >= 4 is 5.82 Å². The zero-order chi connectivity index (χ0) is 17.4. The topological polar surface area (TPSA) is 111 Å². The largest absolute Gasteiger partial charge is 0.391 e. The smallest absolute Gasteiger partial charge is 0.351 e. The van der Waals surface area contributed by atoms with Gasteiger partial charge in [0.2, 0.25) is 5.67 Å². The summed E-state index contributed by atoms with van der Waals surface area (Å²) < 4.78 is 33.7. The Bertz CT molecular complexity index is 712. The van der Waals surface area contributed by atoms with E-state index >= 15 is 4.39 Å². The van der Waals surface area contributed by atoms with Crippen molar-refractivity contribution in [2.75, 3.05) is 12.4 Å². The van der Waals surface area contributed by atoms with Crippen molar-refractivity contribution in [3.05, 3.63) is 22.2 Å². The lowest BCUT2D eigenvalue weighted by Gasteiger charge is -2.25. The number of halogens is 2. The van der Waals surface area contributed by atoms with Gasteiger partial charge in [-0.05, 0) is 19.9 Å². The molecular weight excluding hydrogens is 312 g/mol. The van der Waals surface area contributed by atoms with Crippen molar-refractivity contribution in [2.24, 2.45) is 0 Å². The number of aryl methyl sites for hydroxylation is 1. The fourth-order valence-corrected chi connectivity index (χ4v) is 2.55. The van der Waals surface area contributed by atoms with Gasteiger partial charge in [0.05, 0.1) is 6.10 Å². The van der Waals surface area contributed by atoms with Crippen LogP contribution in [0.1, 0.15) is 18.8 Å². The number of nitrogen functional groups attached to an aromatic ring is 1. The molecule has 5 atom stereocenters. The van der Waals surface area contributed by atoms with Crippen LogP contribution < -0.4 is 11.4 Å². The monoisotopic (exact) mass is 329 g/mol. The molecule has 23 heavy (non-hydrogen) atoms. The van der Waals surface area contributed by atoms with Gasteiger partial charge in [-0.15, -0.1) is 0 Å². The standard InChI is InChI=1S/C14H17F2N3O4/c1-7-6-9(17)18-13(22)19(7)12-14(16,4-3-5-15)11(21)10(23-12)8(2)20/h6,8,10-12,20-21H,5H2,1-2H3,(H2,17,18,22)/t8-,10+,11-,12+,14?/m0/s1. The highest BCUT2D eigenvalue weighted by molar-refractivity contribution is 5.30. The second kappa shape index (κ2) is 6.23. The molecule has 1 aromatic heterocycles. The molecule has 0 spiro atoms. The summed E-state index contributed by atoms with van der Waals surface area (Å²) in [5, 5.41) is 19.8. The fraction of sp³-hybridized carbons (Fsp3) is 0.571. The summed E-state index contributed by atoms with van der Waals surface area (Å²) in [7, 11) is 0. The van der Waals surface area contributed by atoms with Gasteiger partial charge < -0.3 is 20.7 Å². The molecule has 0 bridgehead atoms. The number of hydrogen-bond acceptors (Lipinski definition) is 6. The average molecular weight is 329 g/mol. The Morgan fingerprint density at radius 1 is 1.65 bits per heavy atom. The molecule has 1 unspecified atom stereocenters. The molecule has 0 amide bonds. The second-order valence-electron chi connectivity index (χ2n) is 5.32. The van der Waals surface area contributed by atoms with Crippen LogP contribution in [-0.4, -0.2) is 50.4 Å². The SMILES string of the molecule is Cc1cc(N)nc(=O)n1[C@@H]1O[C@H]([C@H](C)O)[C@H](O)C1(F)C#CCF. The highest BCUT2D eigenvalue weighted by atomic mass is 19.1. The first-order valence-electron chi connectivity index (χ1n) is 6.84. The van der Waals surface area contributed by atoms with Crippen LogP contribution in [0.25, 0.3) is 0 Å². The summed E-state index contributed by atoms with van der Waals surface area (Å²) in [6, 6.07) is 1.32.